The third-order valence-corrected chi connectivity index (χ3v) is 9.03. The summed E-state index contributed by atoms with van der Waals surface area (Å²) in [6.07, 6.45) is 1.50. The van der Waals surface area contributed by atoms with Gasteiger partial charge in [0.25, 0.3) is 0 Å². The molecule has 2 aliphatic rings. The fraction of sp³-hybridized carbons (Fsp3) is 0.0625. The lowest BCUT2D eigenvalue weighted by Gasteiger charge is -2.35. The molecule has 0 fully saturated rings. The fourth-order valence-electron chi connectivity index (χ4n) is 6.38. The molecule has 14 heteroatoms. The van der Waals surface area contributed by atoms with E-state index in [4.69, 9.17) is 61.0 Å². The molecule has 0 aliphatic carbocycles. The Morgan fingerprint density at radius 1 is 0.935 bits per heavy atom. The molecule has 0 saturated carbocycles. The zero-order valence-electron chi connectivity index (χ0n) is 23.4. The minimum absolute atomic E-state index is 0.0382. The van der Waals surface area contributed by atoms with Crippen molar-refractivity contribution >= 4 is 74.2 Å². The lowest BCUT2D eigenvalue weighted by atomic mass is 9.68. The summed E-state index contributed by atoms with van der Waals surface area (Å²) in [5.41, 5.74) is 15.4. The highest BCUT2D eigenvalue weighted by atomic mass is 35.5. The van der Waals surface area contributed by atoms with Gasteiger partial charge in [-0.1, -0.05) is 70.3 Å². The summed E-state index contributed by atoms with van der Waals surface area (Å²) in [7, 11) is 0. The predicted molar refractivity (Wildman–Crippen MR) is 174 cm³/mol. The predicted octanol–water partition coefficient (Wildman–Crippen LogP) is 5.83. The SMILES string of the molecule is N#CC1=C(N)Oc2c(N)cc3nc4ccccc4nc3c2C12C(=O)N(Cc1cnnn1-c1c(Cl)cc(Cl)cc1Cl)c1ccccc12. The van der Waals surface area contributed by atoms with E-state index < -0.39 is 11.3 Å². The van der Waals surface area contributed by atoms with E-state index in [1.54, 1.807) is 30.3 Å². The Bertz CT molecular complexity index is 2380. The number of fused-ring (bicyclic) bond motifs is 7. The smallest absolute Gasteiger partial charge is 0.248 e. The van der Waals surface area contributed by atoms with Gasteiger partial charge in [-0.3, -0.25) is 4.79 Å². The van der Waals surface area contributed by atoms with Crippen LogP contribution in [0.3, 0.4) is 0 Å². The Kier molecular flexibility index (Phi) is 6.14. The van der Waals surface area contributed by atoms with Gasteiger partial charge in [0.2, 0.25) is 11.8 Å². The second kappa shape index (κ2) is 10.1. The van der Waals surface area contributed by atoms with Gasteiger partial charge in [-0.25, -0.2) is 14.6 Å². The van der Waals surface area contributed by atoms with Crippen LogP contribution in [-0.4, -0.2) is 30.9 Å². The van der Waals surface area contributed by atoms with Crippen molar-refractivity contribution in [3.05, 3.63) is 116 Å². The van der Waals surface area contributed by atoms with Crippen LogP contribution < -0.4 is 21.1 Å². The Labute approximate surface area is 275 Å². The van der Waals surface area contributed by atoms with E-state index in [0.717, 1.165) is 0 Å². The number of anilines is 2. The van der Waals surface area contributed by atoms with Crippen molar-refractivity contribution in [2.45, 2.75) is 12.0 Å². The molecular formula is C32H18Cl3N9O2. The van der Waals surface area contributed by atoms with Crippen molar-refractivity contribution < 1.29 is 9.53 Å². The summed E-state index contributed by atoms with van der Waals surface area (Å²) in [6.45, 7) is -0.0382. The average Bonchev–Trinajstić information content (AvgIpc) is 3.57. The van der Waals surface area contributed by atoms with Gasteiger partial charge in [0, 0.05) is 16.3 Å². The molecule has 8 rings (SSSR count). The number of carbonyl (C=O) groups excluding carboxylic acids is 1. The molecular weight excluding hydrogens is 649 g/mol. The number of carbonyl (C=O) groups is 1. The van der Waals surface area contributed by atoms with E-state index in [1.807, 2.05) is 24.3 Å². The van der Waals surface area contributed by atoms with Gasteiger partial charge in [0.05, 0.1) is 61.8 Å². The Hall–Kier alpha value is -5.41. The normalized spacial score (nSPS) is 17.0. The van der Waals surface area contributed by atoms with Crippen molar-refractivity contribution in [1.29, 1.82) is 5.26 Å². The molecule has 6 aromatic rings. The maximum absolute atomic E-state index is 15.2. The number of amides is 1. The number of ether oxygens (including phenoxy) is 1. The van der Waals surface area contributed by atoms with E-state index in [-0.39, 0.29) is 45.0 Å². The molecule has 0 bridgehead atoms. The first-order valence-corrected chi connectivity index (χ1v) is 14.9. The standard InChI is InChI=1S/C32H18Cl3N9O2/c33-15-9-19(34)28(20(35)10-15)44-16(13-39-42-44)14-43-25-8-4-1-5-17(25)32(31(43)45)18(12-36)30(38)46-29-21(37)11-24-27(26(29)32)41-23-7-3-2-6-22(23)40-24/h1-11,13H,14,37-38H2. The lowest BCUT2D eigenvalue weighted by molar-refractivity contribution is -0.121. The summed E-state index contributed by atoms with van der Waals surface area (Å²) >= 11 is 19.2. The number of rotatable bonds is 3. The summed E-state index contributed by atoms with van der Waals surface area (Å²) in [4.78, 5) is 26.5. The molecule has 0 radical (unpaired) electrons. The minimum atomic E-state index is -1.78. The summed E-state index contributed by atoms with van der Waals surface area (Å²) in [5.74, 6) is -0.600. The van der Waals surface area contributed by atoms with Crippen LogP contribution >= 0.6 is 34.8 Å². The third-order valence-electron chi connectivity index (χ3n) is 8.23. The zero-order chi connectivity index (χ0) is 31.9. The van der Waals surface area contributed by atoms with Gasteiger partial charge in [-0.15, -0.1) is 5.10 Å². The Morgan fingerprint density at radius 2 is 1.63 bits per heavy atom. The van der Waals surface area contributed by atoms with E-state index >= 15 is 4.79 Å². The fourth-order valence-corrected chi connectivity index (χ4v) is 7.35. The molecule has 224 valence electrons. The van der Waals surface area contributed by atoms with Crippen molar-refractivity contribution in [2.24, 2.45) is 5.73 Å². The van der Waals surface area contributed by atoms with Crippen LogP contribution in [0.4, 0.5) is 11.4 Å². The molecule has 46 heavy (non-hydrogen) atoms. The van der Waals surface area contributed by atoms with E-state index in [0.29, 0.717) is 49.7 Å². The summed E-state index contributed by atoms with van der Waals surface area (Å²) in [6, 6.07) is 21.3. The van der Waals surface area contributed by atoms with Crippen LogP contribution in [0, 0.1) is 11.3 Å². The van der Waals surface area contributed by atoms with Gasteiger partial charge in [0.1, 0.15) is 22.7 Å². The van der Waals surface area contributed by atoms with Crippen molar-refractivity contribution in [1.82, 2.24) is 25.0 Å². The highest BCUT2D eigenvalue weighted by molar-refractivity contribution is 6.40. The molecule has 4 N–H and O–H groups in total. The topological polar surface area (TPSA) is 162 Å². The monoisotopic (exact) mass is 665 g/mol. The third kappa shape index (κ3) is 3.75. The number of hydrogen-bond donors (Lipinski definition) is 2. The Balaban J connectivity index is 1.39. The highest BCUT2D eigenvalue weighted by Gasteiger charge is 2.60. The number of nitriles is 1. The maximum Gasteiger partial charge on any atom is 0.248 e. The molecule has 4 heterocycles. The maximum atomic E-state index is 15.2. The van der Waals surface area contributed by atoms with Crippen LogP contribution in [0.1, 0.15) is 16.8 Å². The number of halogens is 3. The number of nitrogens with two attached hydrogens (primary N) is 2. The van der Waals surface area contributed by atoms with Crippen LogP contribution in [-0.2, 0) is 16.8 Å². The molecule has 0 saturated heterocycles. The first kappa shape index (κ1) is 28.1. The first-order valence-electron chi connectivity index (χ1n) is 13.8. The van der Waals surface area contributed by atoms with Gasteiger partial charge >= 0.3 is 0 Å². The molecule has 2 aromatic heterocycles. The van der Waals surface area contributed by atoms with Gasteiger partial charge in [-0.05, 0) is 36.4 Å². The number of benzene rings is 4. The van der Waals surface area contributed by atoms with Gasteiger partial charge in [0.15, 0.2) is 5.75 Å². The van der Waals surface area contributed by atoms with Crippen LogP contribution in [0.25, 0.3) is 27.8 Å². The minimum Gasteiger partial charge on any atom is -0.438 e. The largest absolute Gasteiger partial charge is 0.438 e. The van der Waals surface area contributed by atoms with Gasteiger partial charge in [-0.2, -0.15) is 5.26 Å². The van der Waals surface area contributed by atoms with Crippen molar-refractivity contribution in [2.75, 3.05) is 10.6 Å². The van der Waals surface area contributed by atoms with Gasteiger partial charge < -0.3 is 21.1 Å². The van der Waals surface area contributed by atoms with Crippen LogP contribution in [0.2, 0.25) is 15.1 Å². The average molecular weight is 667 g/mol. The molecule has 1 atom stereocenters. The number of aromatic nitrogens is 5. The second-order valence-corrected chi connectivity index (χ2v) is 12.0. The highest BCUT2D eigenvalue weighted by Crippen LogP contribution is 2.58. The molecule has 1 amide bonds. The molecule has 2 aliphatic heterocycles. The summed E-state index contributed by atoms with van der Waals surface area (Å²) < 4.78 is 7.44. The number of nitrogens with zero attached hydrogens (tertiary/aromatic N) is 7. The molecule has 4 aromatic carbocycles. The molecule has 1 unspecified atom stereocenters. The van der Waals surface area contributed by atoms with E-state index in [1.165, 1.54) is 27.9 Å². The quantitative estimate of drug-likeness (QED) is 0.175. The van der Waals surface area contributed by atoms with Crippen molar-refractivity contribution in [3.63, 3.8) is 0 Å². The zero-order valence-corrected chi connectivity index (χ0v) is 25.6. The van der Waals surface area contributed by atoms with Crippen LogP contribution in [0.15, 0.2) is 84.4 Å². The first-order chi connectivity index (χ1) is 22.2. The number of nitrogen functional groups attached to an aromatic ring is 1. The number of para-hydroxylation sites is 3. The van der Waals surface area contributed by atoms with Crippen molar-refractivity contribution in [3.8, 4) is 17.5 Å². The van der Waals surface area contributed by atoms with Crippen LogP contribution in [0.5, 0.6) is 5.75 Å². The number of hydrogen-bond acceptors (Lipinski definition) is 9. The van der Waals surface area contributed by atoms with E-state index in [9.17, 15) is 5.26 Å². The van der Waals surface area contributed by atoms with E-state index in [2.05, 4.69) is 16.4 Å². The lowest BCUT2D eigenvalue weighted by Crippen LogP contribution is -2.46. The molecule has 1 spiro atoms. The second-order valence-electron chi connectivity index (χ2n) is 10.7. The summed E-state index contributed by atoms with van der Waals surface area (Å²) in [5, 5.41) is 19.7. The molecule has 11 nitrogen and oxygen atoms in total. The Morgan fingerprint density at radius 3 is 2.37 bits per heavy atom.